The van der Waals surface area contributed by atoms with E-state index in [1.165, 1.54) is 25.6 Å². The van der Waals surface area contributed by atoms with Crippen molar-refractivity contribution in [3.05, 3.63) is 16.1 Å². The molecular weight excluding hydrogens is 206 g/mol. The number of carbonyl (C=O) groups is 2. The number of hydrogen-bond acceptors (Lipinski definition) is 6. The fourth-order valence-electron chi connectivity index (χ4n) is 0.786. The Bertz CT molecular complexity index is 347. The minimum absolute atomic E-state index is 0.0815. The molecule has 0 atom stereocenters. The van der Waals surface area contributed by atoms with Gasteiger partial charge in [0.15, 0.2) is 5.69 Å². The van der Waals surface area contributed by atoms with Gasteiger partial charge in [-0.3, -0.25) is 4.79 Å². The van der Waals surface area contributed by atoms with Crippen molar-refractivity contribution < 1.29 is 19.1 Å². The van der Waals surface area contributed by atoms with Crippen molar-refractivity contribution in [1.29, 1.82) is 0 Å². The monoisotopic (exact) mass is 215 g/mol. The van der Waals surface area contributed by atoms with Crippen LogP contribution >= 0.6 is 11.3 Å². The molecule has 0 radical (unpaired) electrons. The van der Waals surface area contributed by atoms with Crippen molar-refractivity contribution in [2.45, 2.75) is 6.42 Å². The number of rotatable bonds is 3. The van der Waals surface area contributed by atoms with E-state index in [1.54, 1.807) is 5.38 Å². The van der Waals surface area contributed by atoms with Crippen LogP contribution in [0.25, 0.3) is 0 Å². The number of esters is 2. The standard InChI is InChI=1S/C8H9NO4S/c1-12-7(10)3-6-9-5(4-14-6)8(11)13-2/h4H,3H2,1-2H3. The van der Waals surface area contributed by atoms with E-state index in [-0.39, 0.29) is 18.1 Å². The van der Waals surface area contributed by atoms with Crippen molar-refractivity contribution in [3.8, 4) is 0 Å². The largest absolute Gasteiger partial charge is 0.469 e. The van der Waals surface area contributed by atoms with E-state index in [1.807, 2.05) is 0 Å². The van der Waals surface area contributed by atoms with Crippen LogP contribution in [-0.2, 0) is 20.7 Å². The molecule has 1 aromatic rings. The number of thiazole rings is 1. The fraction of sp³-hybridized carbons (Fsp3) is 0.375. The highest BCUT2D eigenvalue weighted by Gasteiger charge is 2.12. The summed E-state index contributed by atoms with van der Waals surface area (Å²) in [6.07, 6.45) is 0.0815. The molecule has 0 aliphatic heterocycles. The number of hydrogen-bond donors (Lipinski definition) is 0. The van der Waals surface area contributed by atoms with Crippen LogP contribution in [0.3, 0.4) is 0 Å². The Morgan fingerprint density at radius 2 is 2.14 bits per heavy atom. The first-order valence-corrected chi connectivity index (χ1v) is 4.65. The zero-order valence-electron chi connectivity index (χ0n) is 7.77. The summed E-state index contributed by atoms with van der Waals surface area (Å²) in [6, 6.07) is 0. The smallest absolute Gasteiger partial charge is 0.357 e. The highest BCUT2D eigenvalue weighted by atomic mass is 32.1. The van der Waals surface area contributed by atoms with Gasteiger partial charge in [0, 0.05) is 5.38 Å². The molecule has 0 aliphatic rings. The molecule has 14 heavy (non-hydrogen) atoms. The van der Waals surface area contributed by atoms with E-state index in [0.29, 0.717) is 5.01 Å². The van der Waals surface area contributed by atoms with Gasteiger partial charge in [-0.05, 0) is 0 Å². The summed E-state index contributed by atoms with van der Waals surface area (Å²) in [5.41, 5.74) is 0.219. The lowest BCUT2D eigenvalue weighted by molar-refractivity contribution is -0.139. The van der Waals surface area contributed by atoms with Crippen molar-refractivity contribution in [2.24, 2.45) is 0 Å². The summed E-state index contributed by atoms with van der Waals surface area (Å²) < 4.78 is 8.93. The fourth-order valence-corrected chi connectivity index (χ4v) is 1.53. The Balaban J connectivity index is 2.68. The van der Waals surface area contributed by atoms with E-state index in [9.17, 15) is 9.59 Å². The van der Waals surface area contributed by atoms with Crippen molar-refractivity contribution >= 4 is 23.3 Å². The lowest BCUT2D eigenvalue weighted by atomic mass is 10.4. The van der Waals surface area contributed by atoms with Crippen LogP contribution in [0.4, 0.5) is 0 Å². The van der Waals surface area contributed by atoms with E-state index in [2.05, 4.69) is 14.5 Å². The summed E-state index contributed by atoms with van der Waals surface area (Å²) >= 11 is 1.22. The molecule has 0 aromatic carbocycles. The maximum Gasteiger partial charge on any atom is 0.357 e. The van der Waals surface area contributed by atoms with Gasteiger partial charge in [0.1, 0.15) is 5.01 Å². The molecule has 0 aliphatic carbocycles. The van der Waals surface area contributed by atoms with Gasteiger partial charge >= 0.3 is 11.9 Å². The average molecular weight is 215 g/mol. The SMILES string of the molecule is COC(=O)Cc1nc(C(=O)OC)cs1. The lowest BCUT2D eigenvalue weighted by Crippen LogP contribution is -2.05. The second kappa shape index (κ2) is 4.71. The van der Waals surface area contributed by atoms with Gasteiger partial charge in [0.05, 0.1) is 20.6 Å². The Morgan fingerprint density at radius 3 is 2.71 bits per heavy atom. The number of ether oxygens (including phenoxy) is 2. The van der Waals surface area contributed by atoms with Crippen LogP contribution in [0.2, 0.25) is 0 Å². The number of carbonyl (C=O) groups excluding carboxylic acids is 2. The van der Waals surface area contributed by atoms with Gasteiger partial charge in [-0.2, -0.15) is 0 Å². The predicted octanol–water partition coefficient (Wildman–Crippen LogP) is 0.645. The van der Waals surface area contributed by atoms with Gasteiger partial charge in [-0.15, -0.1) is 11.3 Å². The maximum atomic E-state index is 11.0. The molecule has 1 rings (SSSR count). The molecule has 0 bridgehead atoms. The Hall–Kier alpha value is -1.43. The number of nitrogens with zero attached hydrogens (tertiary/aromatic N) is 1. The summed E-state index contributed by atoms with van der Waals surface area (Å²) in [5, 5.41) is 2.08. The molecule has 0 spiro atoms. The van der Waals surface area contributed by atoms with E-state index in [0.717, 1.165) is 0 Å². The van der Waals surface area contributed by atoms with Crippen LogP contribution in [0, 0.1) is 0 Å². The molecule has 0 N–H and O–H groups in total. The normalized spacial score (nSPS) is 9.57. The van der Waals surface area contributed by atoms with Crippen molar-refractivity contribution in [1.82, 2.24) is 4.98 Å². The minimum atomic E-state index is -0.502. The van der Waals surface area contributed by atoms with Gasteiger partial charge in [0.2, 0.25) is 0 Å². The summed E-state index contributed by atoms with van der Waals surface area (Å²) in [4.78, 5) is 25.8. The molecule has 1 aromatic heterocycles. The minimum Gasteiger partial charge on any atom is -0.469 e. The molecule has 5 nitrogen and oxygen atoms in total. The third kappa shape index (κ3) is 2.53. The molecule has 0 fully saturated rings. The third-order valence-electron chi connectivity index (χ3n) is 1.47. The lowest BCUT2D eigenvalue weighted by Gasteiger charge is -1.94. The van der Waals surface area contributed by atoms with Crippen LogP contribution in [0.5, 0.6) is 0 Å². The number of aromatic nitrogens is 1. The first-order chi connectivity index (χ1) is 6.67. The molecule has 1 heterocycles. The highest BCUT2D eigenvalue weighted by molar-refractivity contribution is 7.09. The molecule has 0 unspecified atom stereocenters. The van der Waals surface area contributed by atoms with Crippen LogP contribution in [0.1, 0.15) is 15.5 Å². The number of methoxy groups -OCH3 is 2. The molecule has 6 heteroatoms. The van der Waals surface area contributed by atoms with Gasteiger partial charge in [-0.25, -0.2) is 9.78 Å². The molecule has 0 amide bonds. The molecule has 0 saturated heterocycles. The maximum absolute atomic E-state index is 11.0. The topological polar surface area (TPSA) is 65.5 Å². The molecule has 0 saturated carbocycles. The predicted molar refractivity (Wildman–Crippen MR) is 49.2 cm³/mol. The van der Waals surface area contributed by atoms with E-state index in [4.69, 9.17) is 0 Å². The van der Waals surface area contributed by atoms with Crippen molar-refractivity contribution in [2.75, 3.05) is 14.2 Å². The second-order valence-corrected chi connectivity index (χ2v) is 3.31. The zero-order valence-corrected chi connectivity index (χ0v) is 8.59. The third-order valence-corrected chi connectivity index (χ3v) is 2.32. The van der Waals surface area contributed by atoms with Crippen LogP contribution < -0.4 is 0 Å². The Morgan fingerprint density at radius 1 is 1.43 bits per heavy atom. The first kappa shape index (κ1) is 10.6. The van der Waals surface area contributed by atoms with E-state index >= 15 is 0 Å². The van der Waals surface area contributed by atoms with Crippen molar-refractivity contribution in [3.63, 3.8) is 0 Å². The van der Waals surface area contributed by atoms with Crippen LogP contribution in [0.15, 0.2) is 5.38 Å². The average Bonchev–Trinajstić information content (AvgIpc) is 2.65. The second-order valence-electron chi connectivity index (χ2n) is 2.37. The Kier molecular flexibility index (Phi) is 3.58. The zero-order chi connectivity index (χ0) is 10.6. The summed E-state index contributed by atoms with van der Waals surface area (Å²) in [7, 11) is 2.58. The summed E-state index contributed by atoms with van der Waals surface area (Å²) in [6.45, 7) is 0. The molecular formula is C8H9NO4S. The van der Waals surface area contributed by atoms with Crippen LogP contribution in [-0.4, -0.2) is 31.1 Å². The summed E-state index contributed by atoms with van der Waals surface area (Å²) in [5.74, 6) is -0.881. The first-order valence-electron chi connectivity index (χ1n) is 3.77. The molecule has 76 valence electrons. The van der Waals surface area contributed by atoms with Gasteiger partial charge in [0.25, 0.3) is 0 Å². The van der Waals surface area contributed by atoms with E-state index < -0.39 is 5.97 Å². The quantitative estimate of drug-likeness (QED) is 0.692. The van der Waals surface area contributed by atoms with Gasteiger partial charge < -0.3 is 9.47 Å². The Labute approximate surface area is 84.7 Å². The van der Waals surface area contributed by atoms with Gasteiger partial charge in [-0.1, -0.05) is 0 Å². The highest BCUT2D eigenvalue weighted by Crippen LogP contribution is 2.11.